The number of halogens is 4. The lowest BCUT2D eigenvalue weighted by Crippen LogP contribution is -2.10. The fourth-order valence-corrected chi connectivity index (χ4v) is 2.52. The number of pyridine rings is 1. The zero-order valence-electron chi connectivity index (χ0n) is 7.43. The maximum Gasteiger partial charge on any atom is 0.341 e. The predicted octanol–water partition coefficient (Wildman–Crippen LogP) is 3.17. The van der Waals surface area contributed by atoms with Gasteiger partial charge in [0.05, 0.1) is 7.11 Å². The summed E-state index contributed by atoms with van der Waals surface area (Å²) in [5.74, 6) is -0.810. The van der Waals surface area contributed by atoms with Crippen LogP contribution in [0, 0.1) is 3.70 Å². The highest BCUT2D eigenvalue weighted by atomic mass is 127. The van der Waals surface area contributed by atoms with Gasteiger partial charge >= 0.3 is 5.97 Å². The molecule has 0 aliphatic carbocycles. The van der Waals surface area contributed by atoms with Crippen LogP contribution in [0.1, 0.15) is 22.3 Å². The minimum atomic E-state index is -2.74. The molecule has 3 nitrogen and oxygen atoms in total. The normalized spacial score (nSPS) is 10.5. The van der Waals surface area contributed by atoms with Crippen molar-refractivity contribution in [1.82, 2.24) is 4.98 Å². The number of nitrogens with zero attached hydrogens (tertiary/aromatic N) is 1. The minimum absolute atomic E-state index is 0.184. The zero-order valence-corrected chi connectivity index (χ0v) is 11.2. The van der Waals surface area contributed by atoms with E-state index in [1.54, 1.807) is 22.6 Å². The molecule has 0 bridgehead atoms. The molecule has 0 fully saturated rings. The molecule has 15 heavy (non-hydrogen) atoms. The van der Waals surface area contributed by atoms with Crippen LogP contribution in [0.15, 0.2) is 10.7 Å². The van der Waals surface area contributed by atoms with E-state index in [0.29, 0.717) is 0 Å². The van der Waals surface area contributed by atoms with Crippen LogP contribution in [0.4, 0.5) is 8.78 Å². The van der Waals surface area contributed by atoms with Gasteiger partial charge in [0.15, 0.2) is 0 Å². The van der Waals surface area contributed by atoms with Gasteiger partial charge in [0.2, 0.25) is 0 Å². The van der Waals surface area contributed by atoms with Gasteiger partial charge < -0.3 is 4.74 Å². The summed E-state index contributed by atoms with van der Waals surface area (Å²) >= 11 is 4.69. The molecule has 0 aromatic carbocycles. The van der Waals surface area contributed by atoms with Crippen molar-refractivity contribution >= 4 is 44.5 Å². The molecule has 0 radical (unpaired) electrons. The lowest BCUT2D eigenvalue weighted by atomic mass is 10.1. The fraction of sp³-hybridized carbons (Fsp3) is 0.250. The number of hydrogen-bond donors (Lipinski definition) is 0. The van der Waals surface area contributed by atoms with Crippen LogP contribution in [0.3, 0.4) is 0 Å². The summed E-state index contributed by atoms with van der Waals surface area (Å²) in [6, 6.07) is 1.11. The van der Waals surface area contributed by atoms with Gasteiger partial charge in [-0.3, -0.25) is 0 Å². The highest BCUT2D eigenvalue weighted by Crippen LogP contribution is 2.28. The van der Waals surface area contributed by atoms with Crippen LogP contribution < -0.4 is 0 Å². The Labute approximate surface area is 106 Å². The van der Waals surface area contributed by atoms with Crippen LogP contribution in [0.25, 0.3) is 0 Å². The number of carbonyl (C=O) groups excluding carboxylic acids is 1. The van der Waals surface area contributed by atoms with Crippen molar-refractivity contribution in [3.05, 3.63) is 25.5 Å². The van der Waals surface area contributed by atoms with Gasteiger partial charge in [-0.2, -0.15) is 0 Å². The Morgan fingerprint density at radius 1 is 1.67 bits per heavy atom. The molecule has 7 heteroatoms. The lowest BCUT2D eigenvalue weighted by molar-refractivity contribution is 0.0587. The number of carbonyl (C=O) groups is 1. The van der Waals surface area contributed by atoms with Crippen molar-refractivity contribution in [2.24, 2.45) is 0 Å². The Kier molecular flexibility index (Phi) is 4.38. The molecule has 1 heterocycles. The molecule has 0 unspecified atom stereocenters. The number of esters is 1. The third-order valence-corrected chi connectivity index (χ3v) is 2.79. The number of ether oxygens (including phenoxy) is 1. The number of rotatable bonds is 2. The largest absolute Gasteiger partial charge is 0.465 e. The number of hydrogen-bond acceptors (Lipinski definition) is 3. The maximum atomic E-state index is 12.6. The Morgan fingerprint density at radius 3 is 2.73 bits per heavy atom. The molecule has 0 amide bonds. The van der Waals surface area contributed by atoms with E-state index in [1.165, 1.54) is 0 Å². The first kappa shape index (κ1) is 12.8. The second-order valence-electron chi connectivity index (χ2n) is 2.49. The monoisotopic (exact) mass is 391 g/mol. The molecule has 0 saturated carbocycles. The summed E-state index contributed by atoms with van der Waals surface area (Å²) in [5, 5.41) is 0. The van der Waals surface area contributed by atoms with Gasteiger partial charge in [0.1, 0.15) is 13.9 Å². The van der Waals surface area contributed by atoms with Gasteiger partial charge in [0.25, 0.3) is 6.43 Å². The first-order valence-electron chi connectivity index (χ1n) is 3.69. The number of aromatic nitrogens is 1. The van der Waals surface area contributed by atoms with E-state index in [0.717, 1.165) is 13.2 Å². The highest BCUT2D eigenvalue weighted by molar-refractivity contribution is 14.1. The second kappa shape index (κ2) is 5.15. The van der Waals surface area contributed by atoms with Crippen molar-refractivity contribution in [1.29, 1.82) is 0 Å². The third-order valence-electron chi connectivity index (χ3n) is 1.60. The Balaban J connectivity index is 3.40. The van der Waals surface area contributed by atoms with E-state index in [4.69, 9.17) is 0 Å². The van der Waals surface area contributed by atoms with E-state index >= 15 is 0 Å². The fourth-order valence-electron chi connectivity index (χ4n) is 0.978. The summed E-state index contributed by atoms with van der Waals surface area (Å²) in [6.45, 7) is 0. The molecule has 0 saturated heterocycles. The summed E-state index contributed by atoms with van der Waals surface area (Å²) in [5.41, 5.74) is -0.565. The average molecular weight is 392 g/mol. The van der Waals surface area contributed by atoms with E-state index in [9.17, 15) is 13.6 Å². The topological polar surface area (TPSA) is 39.2 Å². The van der Waals surface area contributed by atoms with Crippen molar-refractivity contribution in [3.8, 4) is 0 Å². The predicted molar refractivity (Wildman–Crippen MR) is 61.0 cm³/mol. The van der Waals surface area contributed by atoms with Gasteiger partial charge in [-0.15, -0.1) is 0 Å². The standard InChI is InChI=1S/C8H5BrF2INO2/c1-15-8(14)5-3(6(10)11)2-4(9)13-7(5)12/h2,6H,1H3. The summed E-state index contributed by atoms with van der Waals surface area (Å²) in [4.78, 5) is 15.1. The Bertz CT molecular complexity index is 400. The van der Waals surface area contributed by atoms with Gasteiger partial charge in [-0.05, 0) is 44.6 Å². The molecule has 1 aromatic heterocycles. The Hall–Kier alpha value is -0.310. The number of alkyl halides is 2. The van der Waals surface area contributed by atoms with E-state index in [-0.39, 0.29) is 19.4 Å². The van der Waals surface area contributed by atoms with Crippen LogP contribution in [0.5, 0.6) is 0 Å². The van der Waals surface area contributed by atoms with E-state index in [1.807, 2.05) is 0 Å². The van der Waals surface area contributed by atoms with Crippen molar-refractivity contribution < 1.29 is 18.3 Å². The maximum absolute atomic E-state index is 12.6. The average Bonchev–Trinajstić information content (AvgIpc) is 2.15. The van der Waals surface area contributed by atoms with Crippen molar-refractivity contribution in [2.75, 3.05) is 7.11 Å². The van der Waals surface area contributed by atoms with Gasteiger partial charge in [-0.1, -0.05) is 0 Å². The highest BCUT2D eigenvalue weighted by Gasteiger charge is 2.23. The quantitative estimate of drug-likeness (QED) is 0.441. The SMILES string of the molecule is COC(=O)c1c(C(F)F)cc(Br)nc1I. The van der Waals surface area contributed by atoms with Crippen molar-refractivity contribution in [3.63, 3.8) is 0 Å². The Morgan fingerprint density at radius 2 is 2.27 bits per heavy atom. The second-order valence-corrected chi connectivity index (χ2v) is 4.33. The molecule has 0 atom stereocenters. The summed E-state index contributed by atoms with van der Waals surface area (Å²) in [7, 11) is 1.13. The molecular formula is C8H5BrF2INO2. The smallest absolute Gasteiger partial charge is 0.341 e. The van der Waals surface area contributed by atoms with E-state index in [2.05, 4.69) is 25.7 Å². The molecule has 0 N–H and O–H groups in total. The molecular weight excluding hydrogens is 387 g/mol. The molecule has 1 aromatic rings. The first-order valence-corrected chi connectivity index (χ1v) is 5.57. The zero-order chi connectivity index (χ0) is 11.6. The summed E-state index contributed by atoms with van der Waals surface area (Å²) in [6.07, 6.45) is -2.74. The van der Waals surface area contributed by atoms with Crippen LogP contribution >= 0.6 is 38.5 Å². The van der Waals surface area contributed by atoms with Gasteiger partial charge in [-0.25, -0.2) is 18.6 Å². The number of methoxy groups -OCH3 is 1. The summed E-state index contributed by atoms with van der Waals surface area (Å²) < 4.78 is 30.1. The van der Waals surface area contributed by atoms with Crippen molar-refractivity contribution in [2.45, 2.75) is 6.43 Å². The van der Waals surface area contributed by atoms with Crippen LogP contribution in [-0.4, -0.2) is 18.1 Å². The van der Waals surface area contributed by atoms with E-state index < -0.39 is 12.4 Å². The molecule has 0 aliphatic rings. The lowest BCUT2D eigenvalue weighted by Gasteiger charge is -2.08. The first-order chi connectivity index (χ1) is 6.97. The molecule has 0 spiro atoms. The van der Waals surface area contributed by atoms with Crippen LogP contribution in [0.2, 0.25) is 0 Å². The molecule has 82 valence electrons. The third kappa shape index (κ3) is 2.83. The molecule has 1 rings (SSSR count). The van der Waals surface area contributed by atoms with Gasteiger partial charge in [0, 0.05) is 5.56 Å². The van der Waals surface area contributed by atoms with Crippen LogP contribution in [-0.2, 0) is 4.74 Å². The molecule has 0 aliphatic heterocycles. The minimum Gasteiger partial charge on any atom is -0.465 e.